The van der Waals surface area contributed by atoms with Gasteiger partial charge in [0.25, 0.3) is 0 Å². The van der Waals surface area contributed by atoms with Crippen molar-refractivity contribution < 1.29 is 23.7 Å². The van der Waals surface area contributed by atoms with E-state index < -0.39 is 0 Å². The maximum Gasteiger partial charge on any atom is 0.338 e. The molecule has 2 aromatic rings. The summed E-state index contributed by atoms with van der Waals surface area (Å²) in [6.45, 7) is 2.18. The van der Waals surface area contributed by atoms with Crippen LogP contribution in [-0.4, -0.2) is 33.9 Å². The summed E-state index contributed by atoms with van der Waals surface area (Å²) in [7, 11) is 4.86. The molecule has 0 saturated heterocycles. The van der Waals surface area contributed by atoms with E-state index in [4.69, 9.17) is 18.9 Å². The molecule has 1 aliphatic carbocycles. The summed E-state index contributed by atoms with van der Waals surface area (Å²) < 4.78 is 21.8. The lowest BCUT2D eigenvalue weighted by atomic mass is 9.76. The van der Waals surface area contributed by atoms with Crippen LogP contribution in [0.2, 0.25) is 0 Å². The quantitative estimate of drug-likeness (QED) is 0.550. The molecule has 2 aliphatic rings. The minimum atomic E-state index is -0.287. The molecule has 0 spiro atoms. The Bertz CT molecular complexity index is 959. The van der Waals surface area contributed by atoms with E-state index >= 15 is 0 Å². The number of methoxy groups -OCH3 is 3. The number of benzene rings is 2. The highest BCUT2D eigenvalue weighted by molar-refractivity contribution is 5.90. The average Bonchev–Trinajstić information content (AvgIpc) is 3.27. The monoisotopic (exact) mass is 409 g/mol. The van der Waals surface area contributed by atoms with Gasteiger partial charge in [0, 0.05) is 11.6 Å². The number of hydrogen-bond donors (Lipinski definition) is 1. The van der Waals surface area contributed by atoms with Crippen LogP contribution in [0.5, 0.6) is 17.2 Å². The highest BCUT2D eigenvalue weighted by atomic mass is 16.5. The normalized spacial score (nSPS) is 21.3. The van der Waals surface area contributed by atoms with Gasteiger partial charge in [-0.3, -0.25) is 0 Å². The molecule has 6 heteroatoms. The van der Waals surface area contributed by atoms with Crippen molar-refractivity contribution >= 4 is 11.7 Å². The fraction of sp³-hybridized carbons (Fsp3) is 0.375. The number of hydrogen-bond acceptors (Lipinski definition) is 6. The lowest BCUT2D eigenvalue weighted by Crippen LogP contribution is -2.29. The Morgan fingerprint density at radius 3 is 2.43 bits per heavy atom. The van der Waals surface area contributed by atoms with Crippen molar-refractivity contribution in [1.29, 1.82) is 0 Å². The molecule has 0 fully saturated rings. The van der Waals surface area contributed by atoms with E-state index in [1.807, 2.05) is 37.3 Å². The summed E-state index contributed by atoms with van der Waals surface area (Å²) >= 11 is 0. The lowest BCUT2D eigenvalue weighted by molar-refractivity contribution is 0.0526. The van der Waals surface area contributed by atoms with Crippen molar-refractivity contribution in [3.05, 3.63) is 59.2 Å². The van der Waals surface area contributed by atoms with E-state index in [0.717, 1.165) is 23.2 Å². The van der Waals surface area contributed by atoms with Crippen molar-refractivity contribution in [1.82, 2.24) is 0 Å². The highest BCUT2D eigenvalue weighted by Crippen LogP contribution is 2.51. The number of fused-ring (bicyclic) bond motifs is 3. The van der Waals surface area contributed by atoms with Gasteiger partial charge in [-0.05, 0) is 60.7 Å². The number of rotatable bonds is 6. The summed E-state index contributed by atoms with van der Waals surface area (Å²) in [5.41, 5.74) is 3.81. The molecule has 2 aromatic carbocycles. The Morgan fingerprint density at radius 1 is 1.07 bits per heavy atom. The summed E-state index contributed by atoms with van der Waals surface area (Å²) in [4.78, 5) is 12.2. The van der Waals surface area contributed by atoms with E-state index in [1.54, 1.807) is 21.3 Å². The van der Waals surface area contributed by atoms with Crippen LogP contribution in [0.3, 0.4) is 0 Å². The standard InChI is InChI=1S/C24H27NO5/c1-5-30-24(26)14-9-10-19-18(11-14)16-7-6-8-17(16)22(25-19)15-12-20(27-2)23(29-4)21(13-15)28-3/h6-7,9-13,16-17,22,25H,5,8H2,1-4H3/t16-,17+,22+/m1/s1. The molecule has 4 rings (SSSR count). The molecule has 3 atom stereocenters. The fourth-order valence-electron chi connectivity index (χ4n) is 4.55. The van der Waals surface area contributed by atoms with Gasteiger partial charge in [0.05, 0.1) is 39.5 Å². The third-order valence-corrected chi connectivity index (χ3v) is 5.92. The van der Waals surface area contributed by atoms with Gasteiger partial charge in [-0.15, -0.1) is 0 Å². The Labute approximate surface area is 176 Å². The van der Waals surface area contributed by atoms with Gasteiger partial charge in [-0.25, -0.2) is 4.79 Å². The fourth-order valence-corrected chi connectivity index (χ4v) is 4.55. The van der Waals surface area contributed by atoms with Crippen LogP contribution in [0.1, 0.15) is 46.8 Å². The van der Waals surface area contributed by atoms with Crippen LogP contribution in [0.25, 0.3) is 0 Å². The van der Waals surface area contributed by atoms with Crippen LogP contribution in [0.15, 0.2) is 42.5 Å². The van der Waals surface area contributed by atoms with Crippen molar-refractivity contribution in [2.45, 2.75) is 25.3 Å². The first-order valence-corrected chi connectivity index (χ1v) is 10.1. The molecule has 0 radical (unpaired) electrons. The Hall–Kier alpha value is -3.15. The topological polar surface area (TPSA) is 66.0 Å². The number of esters is 1. The number of carbonyl (C=O) groups is 1. The molecule has 1 aliphatic heterocycles. The molecule has 1 N–H and O–H groups in total. The minimum absolute atomic E-state index is 0.0691. The van der Waals surface area contributed by atoms with Crippen molar-refractivity contribution in [2.24, 2.45) is 5.92 Å². The van der Waals surface area contributed by atoms with E-state index in [0.29, 0.717) is 35.3 Å². The minimum Gasteiger partial charge on any atom is -0.493 e. The second kappa shape index (κ2) is 8.30. The van der Waals surface area contributed by atoms with E-state index in [2.05, 4.69) is 17.5 Å². The summed E-state index contributed by atoms with van der Waals surface area (Å²) in [5, 5.41) is 3.68. The number of anilines is 1. The first kappa shape index (κ1) is 20.1. The molecule has 6 nitrogen and oxygen atoms in total. The van der Waals surface area contributed by atoms with Gasteiger partial charge in [-0.2, -0.15) is 0 Å². The molecule has 0 aromatic heterocycles. The van der Waals surface area contributed by atoms with Crippen molar-refractivity contribution in [3.8, 4) is 17.2 Å². The van der Waals surface area contributed by atoms with Gasteiger partial charge >= 0.3 is 5.97 Å². The maximum absolute atomic E-state index is 12.2. The van der Waals surface area contributed by atoms with Crippen LogP contribution in [-0.2, 0) is 4.74 Å². The molecule has 1 heterocycles. The SMILES string of the molecule is CCOC(=O)c1ccc2c(c1)[C@@H]1C=CC[C@@H]1[C@H](c1cc(OC)c(OC)c(OC)c1)N2. The first-order valence-electron chi connectivity index (χ1n) is 10.1. The molecular weight excluding hydrogens is 382 g/mol. The van der Waals surface area contributed by atoms with Crippen molar-refractivity contribution in [3.63, 3.8) is 0 Å². The zero-order valence-corrected chi connectivity index (χ0v) is 17.7. The molecular formula is C24H27NO5. The van der Waals surface area contributed by atoms with Crippen LogP contribution >= 0.6 is 0 Å². The number of ether oxygens (including phenoxy) is 4. The number of allylic oxidation sites excluding steroid dienone is 2. The second-order valence-electron chi connectivity index (χ2n) is 7.46. The predicted molar refractivity (Wildman–Crippen MR) is 115 cm³/mol. The summed E-state index contributed by atoms with van der Waals surface area (Å²) in [6, 6.07) is 9.82. The number of carbonyl (C=O) groups excluding carboxylic acids is 1. The average molecular weight is 409 g/mol. The number of nitrogens with one attached hydrogen (secondary N) is 1. The molecule has 0 unspecified atom stereocenters. The first-order chi connectivity index (χ1) is 14.6. The predicted octanol–water partition coefficient (Wildman–Crippen LogP) is 4.72. The van der Waals surface area contributed by atoms with Gasteiger partial charge in [0.1, 0.15) is 0 Å². The van der Waals surface area contributed by atoms with Gasteiger partial charge < -0.3 is 24.3 Å². The third kappa shape index (κ3) is 3.36. The zero-order valence-electron chi connectivity index (χ0n) is 17.7. The van der Waals surface area contributed by atoms with Crippen LogP contribution < -0.4 is 19.5 Å². The molecule has 0 saturated carbocycles. The van der Waals surface area contributed by atoms with Crippen molar-refractivity contribution in [2.75, 3.05) is 33.3 Å². The Morgan fingerprint density at radius 2 is 1.80 bits per heavy atom. The van der Waals surface area contributed by atoms with Crippen LogP contribution in [0.4, 0.5) is 5.69 Å². The van der Waals surface area contributed by atoms with E-state index in [9.17, 15) is 4.79 Å². The molecule has 0 amide bonds. The molecule has 158 valence electrons. The summed E-state index contributed by atoms with van der Waals surface area (Å²) in [6.07, 6.45) is 5.40. The van der Waals surface area contributed by atoms with Gasteiger partial charge in [0.2, 0.25) is 5.75 Å². The largest absolute Gasteiger partial charge is 0.493 e. The maximum atomic E-state index is 12.2. The Balaban J connectivity index is 1.74. The molecule has 30 heavy (non-hydrogen) atoms. The zero-order chi connectivity index (χ0) is 21.3. The van der Waals surface area contributed by atoms with E-state index in [1.165, 1.54) is 0 Å². The lowest BCUT2D eigenvalue weighted by Gasteiger charge is -2.38. The van der Waals surface area contributed by atoms with Gasteiger partial charge in [-0.1, -0.05) is 12.2 Å². The summed E-state index contributed by atoms with van der Waals surface area (Å²) in [5.74, 6) is 2.11. The smallest absolute Gasteiger partial charge is 0.338 e. The Kier molecular flexibility index (Phi) is 5.57. The van der Waals surface area contributed by atoms with Crippen LogP contribution in [0, 0.1) is 5.92 Å². The second-order valence-corrected chi connectivity index (χ2v) is 7.46. The third-order valence-electron chi connectivity index (χ3n) is 5.92. The highest BCUT2D eigenvalue weighted by Gasteiger charge is 2.39. The van der Waals surface area contributed by atoms with Gasteiger partial charge in [0.15, 0.2) is 11.5 Å². The molecule has 0 bridgehead atoms. The van der Waals surface area contributed by atoms with E-state index in [-0.39, 0.29) is 17.9 Å².